The lowest BCUT2D eigenvalue weighted by atomic mass is 9.75. The van der Waals surface area contributed by atoms with Crippen molar-refractivity contribution in [2.45, 2.75) is 25.2 Å². The number of rotatable bonds is 4. The Labute approximate surface area is 216 Å². The van der Waals surface area contributed by atoms with Crippen molar-refractivity contribution in [2.24, 2.45) is 0 Å². The number of nitriles is 1. The summed E-state index contributed by atoms with van der Waals surface area (Å²) in [5.74, 6) is 0.878. The molecule has 37 heavy (non-hydrogen) atoms. The van der Waals surface area contributed by atoms with Crippen LogP contribution in [-0.4, -0.2) is 22.1 Å². The number of carbonyl (C=O) groups excluding carboxylic acids is 1. The van der Waals surface area contributed by atoms with Crippen molar-refractivity contribution in [1.82, 2.24) is 4.57 Å². The number of anilines is 1. The molecule has 0 fully saturated rings. The molecule has 1 atom stereocenters. The molecule has 0 spiro atoms. The number of ether oxygens (including phenoxy) is 2. The van der Waals surface area contributed by atoms with E-state index >= 15 is 0 Å². The largest absolute Gasteiger partial charge is 0.454 e. The van der Waals surface area contributed by atoms with Crippen molar-refractivity contribution < 1.29 is 19.2 Å². The number of carbonyl (C=O) groups is 1. The number of non-ortho nitro benzene ring substituents is 1. The minimum Gasteiger partial charge on any atom is -0.454 e. The van der Waals surface area contributed by atoms with Crippen LogP contribution in [0.1, 0.15) is 30.7 Å². The van der Waals surface area contributed by atoms with E-state index in [4.69, 9.17) is 21.1 Å². The molecule has 0 bridgehead atoms. The Kier molecular flexibility index (Phi) is 5.46. The summed E-state index contributed by atoms with van der Waals surface area (Å²) < 4.78 is 12.8. The van der Waals surface area contributed by atoms with Gasteiger partial charge in [-0.2, -0.15) is 5.26 Å². The molecule has 6 rings (SSSR count). The van der Waals surface area contributed by atoms with Crippen molar-refractivity contribution in [3.8, 4) is 17.6 Å². The van der Waals surface area contributed by atoms with Crippen molar-refractivity contribution >= 4 is 34.6 Å². The SMILES string of the molecule is N#CC1=C(n2cccc2)N(c2cc([N+](=O)[O-])ccc2Cl)C2=C(C(=O)CCC2)C1c1ccc2c(c1)OCO2. The zero-order chi connectivity index (χ0) is 25.7. The van der Waals surface area contributed by atoms with Crippen LogP contribution in [0, 0.1) is 21.4 Å². The third-order valence-electron chi connectivity index (χ3n) is 6.81. The van der Waals surface area contributed by atoms with Gasteiger partial charge in [-0.05, 0) is 48.7 Å². The Morgan fingerprint density at radius 1 is 1.08 bits per heavy atom. The fraction of sp³-hybridized carbons (Fsp3) is 0.185. The number of allylic oxidation sites excluding steroid dienone is 3. The van der Waals surface area contributed by atoms with Gasteiger partial charge in [-0.3, -0.25) is 19.8 Å². The van der Waals surface area contributed by atoms with E-state index in [-0.39, 0.29) is 23.3 Å². The van der Waals surface area contributed by atoms with Gasteiger partial charge in [0.25, 0.3) is 5.69 Å². The maximum absolute atomic E-state index is 13.5. The first kappa shape index (κ1) is 22.9. The quantitative estimate of drug-likeness (QED) is 0.320. The molecule has 1 unspecified atom stereocenters. The molecule has 3 heterocycles. The lowest BCUT2D eigenvalue weighted by Gasteiger charge is -2.41. The number of halogens is 1. The third kappa shape index (κ3) is 3.65. The highest BCUT2D eigenvalue weighted by Crippen LogP contribution is 2.51. The number of benzene rings is 2. The predicted octanol–water partition coefficient (Wildman–Crippen LogP) is 5.78. The fourth-order valence-corrected chi connectivity index (χ4v) is 5.45. The molecule has 0 N–H and O–H groups in total. The van der Waals surface area contributed by atoms with Gasteiger partial charge in [-0.15, -0.1) is 0 Å². The first-order valence-corrected chi connectivity index (χ1v) is 12.0. The second kappa shape index (κ2) is 8.84. The normalized spacial score (nSPS) is 18.6. The molecular formula is C27H19ClN4O5. The number of hydrogen-bond acceptors (Lipinski definition) is 7. The molecule has 0 radical (unpaired) electrons. The maximum Gasteiger partial charge on any atom is 0.271 e. The lowest BCUT2D eigenvalue weighted by molar-refractivity contribution is -0.384. The zero-order valence-corrected chi connectivity index (χ0v) is 20.1. The van der Waals surface area contributed by atoms with Crippen molar-refractivity contribution in [2.75, 3.05) is 11.7 Å². The number of fused-ring (bicyclic) bond motifs is 1. The molecule has 2 aromatic carbocycles. The van der Waals surface area contributed by atoms with Crippen LogP contribution >= 0.6 is 11.6 Å². The summed E-state index contributed by atoms with van der Waals surface area (Å²) in [5, 5.41) is 22.5. The minimum absolute atomic E-state index is 0.0743. The van der Waals surface area contributed by atoms with E-state index in [0.29, 0.717) is 59.1 Å². The van der Waals surface area contributed by atoms with Gasteiger partial charge >= 0.3 is 0 Å². The Bertz CT molecular complexity index is 1570. The number of nitrogens with zero attached hydrogens (tertiary/aromatic N) is 4. The van der Waals surface area contributed by atoms with E-state index in [0.717, 1.165) is 5.56 Å². The predicted molar refractivity (Wildman–Crippen MR) is 135 cm³/mol. The van der Waals surface area contributed by atoms with Gasteiger partial charge in [0.15, 0.2) is 17.3 Å². The van der Waals surface area contributed by atoms with Crippen LogP contribution in [0.25, 0.3) is 5.82 Å². The molecule has 0 saturated carbocycles. The topological polar surface area (TPSA) is 111 Å². The van der Waals surface area contributed by atoms with Crippen LogP contribution in [-0.2, 0) is 4.79 Å². The maximum atomic E-state index is 13.5. The van der Waals surface area contributed by atoms with E-state index in [2.05, 4.69) is 6.07 Å². The highest BCUT2D eigenvalue weighted by molar-refractivity contribution is 6.33. The van der Waals surface area contributed by atoms with Gasteiger partial charge in [0.05, 0.1) is 33.2 Å². The summed E-state index contributed by atoms with van der Waals surface area (Å²) >= 11 is 6.62. The second-order valence-electron chi connectivity index (χ2n) is 8.85. The first-order valence-electron chi connectivity index (χ1n) is 11.7. The zero-order valence-electron chi connectivity index (χ0n) is 19.4. The summed E-state index contributed by atoms with van der Waals surface area (Å²) in [6.07, 6.45) is 5.06. The van der Waals surface area contributed by atoms with Gasteiger partial charge in [0, 0.05) is 42.2 Å². The van der Waals surface area contributed by atoms with Crippen molar-refractivity contribution in [3.05, 3.63) is 98.5 Å². The number of Topliss-reactive ketones (excluding diaryl/α,β-unsaturated/α-hetero) is 1. The molecule has 0 amide bonds. The van der Waals surface area contributed by atoms with E-state index in [9.17, 15) is 20.2 Å². The van der Waals surface area contributed by atoms with Gasteiger partial charge in [-0.25, -0.2) is 0 Å². The molecular weight excluding hydrogens is 496 g/mol. The molecule has 9 nitrogen and oxygen atoms in total. The number of nitro benzene ring substituents is 1. The molecule has 0 saturated heterocycles. The lowest BCUT2D eigenvalue weighted by Crippen LogP contribution is -2.36. The van der Waals surface area contributed by atoms with Crippen LogP contribution in [0.15, 0.2) is 77.8 Å². The summed E-state index contributed by atoms with van der Waals surface area (Å²) in [4.78, 5) is 26.4. The van der Waals surface area contributed by atoms with Gasteiger partial charge in [-0.1, -0.05) is 17.7 Å². The standard InChI is InChI=1S/C27H19ClN4O5/c28-19-8-7-17(32(34)35)13-21(19)31-20-4-3-5-22(33)26(20)25(16-6-9-23-24(12-16)37-15-36-23)18(14-29)27(31)30-10-1-2-11-30/h1-2,6-13,25H,3-5,15H2. The Balaban J connectivity index is 1.67. The molecule has 3 aliphatic rings. The fourth-order valence-electron chi connectivity index (χ4n) is 5.24. The molecule has 3 aromatic rings. The molecule has 184 valence electrons. The highest BCUT2D eigenvalue weighted by Gasteiger charge is 2.42. The van der Waals surface area contributed by atoms with E-state index in [1.807, 2.05) is 18.2 Å². The van der Waals surface area contributed by atoms with E-state index in [1.54, 1.807) is 34.0 Å². The van der Waals surface area contributed by atoms with Crippen LogP contribution < -0.4 is 14.4 Å². The Morgan fingerprint density at radius 3 is 2.62 bits per heavy atom. The monoisotopic (exact) mass is 514 g/mol. The smallest absolute Gasteiger partial charge is 0.271 e. The summed E-state index contributed by atoms with van der Waals surface area (Å²) in [6.45, 7) is 0.102. The van der Waals surface area contributed by atoms with Gasteiger partial charge < -0.3 is 14.0 Å². The molecule has 1 aromatic heterocycles. The second-order valence-corrected chi connectivity index (χ2v) is 9.26. The summed E-state index contributed by atoms with van der Waals surface area (Å²) in [7, 11) is 0. The average Bonchev–Trinajstić information content (AvgIpc) is 3.60. The number of nitro groups is 1. The first-order chi connectivity index (χ1) is 18.0. The van der Waals surface area contributed by atoms with Crippen LogP contribution in [0.2, 0.25) is 5.02 Å². The number of aromatic nitrogens is 1. The van der Waals surface area contributed by atoms with E-state index < -0.39 is 10.8 Å². The Hall–Kier alpha value is -4.55. The number of hydrogen-bond donors (Lipinski definition) is 0. The van der Waals surface area contributed by atoms with Crippen molar-refractivity contribution in [1.29, 1.82) is 5.26 Å². The van der Waals surface area contributed by atoms with Crippen LogP contribution in [0.3, 0.4) is 0 Å². The van der Waals surface area contributed by atoms with E-state index in [1.165, 1.54) is 18.2 Å². The minimum atomic E-state index is -0.659. The summed E-state index contributed by atoms with van der Waals surface area (Å²) in [5.41, 5.74) is 2.37. The Morgan fingerprint density at radius 2 is 1.86 bits per heavy atom. The summed E-state index contributed by atoms with van der Waals surface area (Å²) in [6, 6.07) is 15.6. The highest BCUT2D eigenvalue weighted by atomic mass is 35.5. The van der Waals surface area contributed by atoms with Crippen LogP contribution in [0.5, 0.6) is 11.5 Å². The van der Waals surface area contributed by atoms with Gasteiger partial charge in [0.2, 0.25) is 6.79 Å². The van der Waals surface area contributed by atoms with Gasteiger partial charge in [0.1, 0.15) is 5.82 Å². The van der Waals surface area contributed by atoms with Crippen LogP contribution in [0.4, 0.5) is 11.4 Å². The molecule has 1 aliphatic carbocycles. The molecule has 2 aliphatic heterocycles. The number of ketones is 1. The van der Waals surface area contributed by atoms with Crippen molar-refractivity contribution in [3.63, 3.8) is 0 Å². The third-order valence-corrected chi connectivity index (χ3v) is 7.13. The molecule has 10 heteroatoms. The average molecular weight is 515 g/mol.